The smallest absolute Gasteiger partial charge is 0.255 e. The number of rotatable bonds is 6. The van der Waals surface area contributed by atoms with Crippen molar-refractivity contribution in [3.05, 3.63) is 0 Å². The standard InChI is InChI=1S/C8H15FO2.CH3F/c1-2-3-4-5-6-7-8(10)11-9;1-2/h2-7H2,1H3;1H3. The lowest BCUT2D eigenvalue weighted by Crippen LogP contribution is -1.96. The molecule has 0 radical (unpaired) electrons. The van der Waals surface area contributed by atoms with E-state index in [1.807, 2.05) is 0 Å². The molecule has 0 aliphatic heterocycles. The Balaban J connectivity index is 0. The Bertz CT molecular complexity index is 108. The summed E-state index contributed by atoms with van der Waals surface area (Å²) in [5.41, 5.74) is 0. The lowest BCUT2D eigenvalue weighted by atomic mass is 10.1. The average molecular weight is 196 g/mol. The first-order chi connectivity index (χ1) is 6.31. The summed E-state index contributed by atoms with van der Waals surface area (Å²) < 4.78 is 20.6. The molecule has 0 atom stereocenters. The van der Waals surface area contributed by atoms with Gasteiger partial charge in [0.1, 0.15) is 0 Å². The molecule has 0 amide bonds. The number of hydrogen-bond donors (Lipinski definition) is 0. The zero-order valence-corrected chi connectivity index (χ0v) is 8.32. The van der Waals surface area contributed by atoms with E-state index >= 15 is 0 Å². The quantitative estimate of drug-likeness (QED) is 0.609. The molecule has 0 saturated heterocycles. The van der Waals surface area contributed by atoms with Crippen molar-refractivity contribution in [3.8, 4) is 0 Å². The van der Waals surface area contributed by atoms with Gasteiger partial charge in [0.25, 0.3) is 0 Å². The molecule has 0 rings (SSSR count). The molecule has 0 N–H and O–H groups in total. The van der Waals surface area contributed by atoms with Gasteiger partial charge in [0.15, 0.2) is 0 Å². The van der Waals surface area contributed by atoms with E-state index in [2.05, 4.69) is 11.9 Å². The van der Waals surface area contributed by atoms with Gasteiger partial charge in [-0.05, 0) is 6.42 Å². The van der Waals surface area contributed by atoms with Gasteiger partial charge in [-0.25, -0.2) is 4.79 Å². The summed E-state index contributed by atoms with van der Waals surface area (Å²) in [5, 5.41) is 0. The van der Waals surface area contributed by atoms with E-state index in [0.29, 0.717) is 7.18 Å². The highest BCUT2D eigenvalue weighted by atomic mass is 19.3. The van der Waals surface area contributed by atoms with E-state index < -0.39 is 5.97 Å². The number of carbonyl (C=O) groups excluding carboxylic acids is 1. The van der Waals surface area contributed by atoms with Crippen LogP contribution in [0.15, 0.2) is 0 Å². The molecule has 4 heteroatoms. The maximum atomic E-state index is 11.1. The number of carbonyl (C=O) groups is 1. The molecule has 0 aromatic heterocycles. The third kappa shape index (κ3) is 14.2. The molecule has 0 aromatic rings. The number of halogens is 2. The topological polar surface area (TPSA) is 26.3 Å². The fourth-order valence-electron chi connectivity index (χ4n) is 0.911. The normalized spacial score (nSPS) is 8.62. The Morgan fingerprint density at radius 3 is 2.15 bits per heavy atom. The summed E-state index contributed by atoms with van der Waals surface area (Å²) >= 11 is 0. The van der Waals surface area contributed by atoms with Crippen LogP contribution < -0.4 is 0 Å². The van der Waals surface area contributed by atoms with Crippen LogP contribution in [0, 0.1) is 0 Å². The number of unbranched alkanes of at least 4 members (excludes halogenated alkanes) is 4. The minimum atomic E-state index is -0.749. The average Bonchev–Trinajstić information content (AvgIpc) is 2.20. The highest BCUT2D eigenvalue weighted by molar-refractivity contribution is 5.68. The van der Waals surface area contributed by atoms with Crippen molar-refractivity contribution < 1.29 is 18.7 Å². The van der Waals surface area contributed by atoms with Gasteiger partial charge < -0.3 is 0 Å². The van der Waals surface area contributed by atoms with Crippen LogP contribution in [0.5, 0.6) is 0 Å². The summed E-state index contributed by atoms with van der Waals surface area (Å²) in [7, 11) is 0.500. The van der Waals surface area contributed by atoms with Gasteiger partial charge in [-0.2, -0.15) is 0 Å². The molecular weight excluding hydrogens is 178 g/mol. The van der Waals surface area contributed by atoms with Crippen LogP contribution >= 0.6 is 0 Å². The fraction of sp³-hybridized carbons (Fsp3) is 0.889. The maximum Gasteiger partial charge on any atom is 0.348 e. The predicted molar refractivity (Wildman–Crippen MR) is 47.6 cm³/mol. The van der Waals surface area contributed by atoms with Crippen LogP contribution in [-0.4, -0.2) is 13.1 Å². The van der Waals surface area contributed by atoms with Crippen molar-refractivity contribution in [2.45, 2.75) is 45.4 Å². The Labute approximate surface area is 78.2 Å². The first-order valence-electron chi connectivity index (χ1n) is 4.50. The second kappa shape index (κ2) is 13.9. The van der Waals surface area contributed by atoms with E-state index in [-0.39, 0.29) is 6.42 Å². The van der Waals surface area contributed by atoms with Gasteiger partial charge in [0, 0.05) is 10.9 Å². The second-order valence-electron chi connectivity index (χ2n) is 2.61. The van der Waals surface area contributed by atoms with E-state index in [0.717, 1.165) is 19.3 Å². The molecule has 0 aromatic carbocycles. The van der Waals surface area contributed by atoms with Crippen molar-refractivity contribution in [1.29, 1.82) is 0 Å². The Hall–Kier alpha value is -0.670. The molecule has 0 heterocycles. The molecule has 0 bridgehead atoms. The third-order valence-corrected chi connectivity index (χ3v) is 1.57. The molecule has 0 aliphatic carbocycles. The van der Waals surface area contributed by atoms with Gasteiger partial charge >= 0.3 is 5.97 Å². The third-order valence-electron chi connectivity index (χ3n) is 1.57. The van der Waals surface area contributed by atoms with Gasteiger partial charge in [0.2, 0.25) is 0 Å². The molecule has 2 nitrogen and oxygen atoms in total. The fourth-order valence-corrected chi connectivity index (χ4v) is 0.911. The Morgan fingerprint density at radius 2 is 1.69 bits per heavy atom. The molecule has 0 aliphatic rings. The molecule has 0 spiro atoms. The summed E-state index contributed by atoms with van der Waals surface area (Å²) in [5.74, 6) is -0.749. The summed E-state index contributed by atoms with van der Waals surface area (Å²) in [6.07, 6.45) is 5.42. The lowest BCUT2D eigenvalue weighted by Gasteiger charge is -1.96. The van der Waals surface area contributed by atoms with Crippen molar-refractivity contribution in [2.24, 2.45) is 0 Å². The first-order valence-corrected chi connectivity index (χ1v) is 4.50. The van der Waals surface area contributed by atoms with E-state index in [1.165, 1.54) is 12.8 Å². The van der Waals surface area contributed by atoms with Gasteiger partial charge in [0.05, 0.1) is 7.18 Å². The Morgan fingerprint density at radius 1 is 1.15 bits per heavy atom. The second-order valence-corrected chi connectivity index (χ2v) is 2.61. The molecule has 0 saturated carbocycles. The zero-order chi connectivity index (χ0) is 10.5. The van der Waals surface area contributed by atoms with Crippen LogP contribution in [0.25, 0.3) is 0 Å². The van der Waals surface area contributed by atoms with Crippen LogP contribution in [0.2, 0.25) is 0 Å². The van der Waals surface area contributed by atoms with Crippen molar-refractivity contribution in [2.75, 3.05) is 7.18 Å². The van der Waals surface area contributed by atoms with Crippen LogP contribution in [-0.2, 0) is 9.74 Å². The molecule has 80 valence electrons. The first kappa shape index (κ1) is 14.8. The van der Waals surface area contributed by atoms with Gasteiger partial charge in [-0.15, -0.1) is 0 Å². The number of hydrogen-bond acceptors (Lipinski definition) is 2. The lowest BCUT2D eigenvalue weighted by molar-refractivity contribution is -0.183. The van der Waals surface area contributed by atoms with E-state index in [1.54, 1.807) is 0 Å². The zero-order valence-electron chi connectivity index (χ0n) is 8.32. The van der Waals surface area contributed by atoms with E-state index in [4.69, 9.17) is 0 Å². The van der Waals surface area contributed by atoms with Crippen LogP contribution in [0.3, 0.4) is 0 Å². The highest BCUT2D eigenvalue weighted by Gasteiger charge is 2.00. The van der Waals surface area contributed by atoms with Crippen molar-refractivity contribution in [3.63, 3.8) is 0 Å². The van der Waals surface area contributed by atoms with Crippen LogP contribution in [0.1, 0.15) is 45.4 Å². The highest BCUT2D eigenvalue weighted by Crippen LogP contribution is 2.05. The molecular formula is C9H18F2O2. The largest absolute Gasteiger partial charge is 0.348 e. The summed E-state index contributed by atoms with van der Waals surface area (Å²) in [6.45, 7) is 2.12. The van der Waals surface area contributed by atoms with Crippen molar-refractivity contribution >= 4 is 5.97 Å². The number of alkyl halides is 1. The Kier molecular flexibility index (Phi) is 15.8. The minimum absolute atomic E-state index is 0.209. The predicted octanol–water partition coefficient (Wildman–Crippen LogP) is 3.36. The summed E-state index contributed by atoms with van der Waals surface area (Å²) in [6, 6.07) is 0. The van der Waals surface area contributed by atoms with Gasteiger partial charge in [-0.3, -0.25) is 9.33 Å². The summed E-state index contributed by atoms with van der Waals surface area (Å²) in [4.78, 5) is 13.3. The minimum Gasteiger partial charge on any atom is -0.255 e. The van der Waals surface area contributed by atoms with Crippen LogP contribution in [0.4, 0.5) is 8.92 Å². The molecule has 0 unspecified atom stereocenters. The molecule has 0 fully saturated rings. The van der Waals surface area contributed by atoms with E-state index in [9.17, 15) is 13.7 Å². The van der Waals surface area contributed by atoms with Gasteiger partial charge in [-0.1, -0.05) is 32.6 Å². The SMILES string of the molecule is CCCCCCCC(=O)OF.CF. The van der Waals surface area contributed by atoms with Crippen molar-refractivity contribution in [1.82, 2.24) is 0 Å². The molecule has 13 heavy (non-hydrogen) atoms. The monoisotopic (exact) mass is 196 g/mol. The maximum absolute atomic E-state index is 11.1.